The first-order valence-electron chi connectivity index (χ1n) is 5.65. The van der Waals surface area contributed by atoms with Crippen LogP contribution in [-0.4, -0.2) is 16.1 Å². The Kier molecular flexibility index (Phi) is 3.69. The van der Waals surface area contributed by atoms with Gasteiger partial charge in [-0.25, -0.2) is 0 Å². The van der Waals surface area contributed by atoms with Gasteiger partial charge in [0.1, 0.15) is 0 Å². The van der Waals surface area contributed by atoms with Crippen molar-refractivity contribution in [1.29, 1.82) is 0 Å². The number of nitrogens with zero attached hydrogens (tertiary/aromatic N) is 1. The lowest BCUT2D eigenvalue weighted by atomic mass is 10.1. The van der Waals surface area contributed by atoms with Gasteiger partial charge in [0.25, 0.3) is 0 Å². The summed E-state index contributed by atoms with van der Waals surface area (Å²) in [6.07, 6.45) is 1.54. The van der Waals surface area contributed by atoms with E-state index < -0.39 is 12.0 Å². The van der Waals surface area contributed by atoms with Crippen LogP contribution in [0.25, 0.3) is 11.3 Å². The first-order chi connectivity index (χ1) is 8.66. The minimum absolute atomic E-state index is 0.0909. The molecule has 0 aliphatic heterocycles. The molecule has 1 atom stereocenters. The molecule has 0 radical (unpaired) electrons. The smallest absolute Gasteiger partial charge is 0.305 e. The lowest BCUT2D eigenvalue weighted by Gasteiger charge is -2.09. The number of pyridine rings is 1. The summed E-state index contributed by atoms with van der Waals surface area (Å²) in [4.78, 5) is 14.9. The standard InChI is InChI=1S/C14H14N2O2/c15-12(8-14(17)18)11-6-7-13(16-9-11)10-4-2-1-3-5-10/h1-7,9,12H,8,15H2,(H,17,18). The number of carboxylic acids is 1. The molecule has 1 aromatic heterocycles. The summed E-state index contributed by atoms with van der Waals surface area (Å²) in [5, 5.41) is 8.68. The average Bonchev–Trinajstić information content (AvgIpc) is 2.39. The largest absolute Gasteiger partial charge is 0.481 e. The fourth-order valence-corrected chi connectivity index (χ4v) is 1.71. The first kappa shape index (κ1) is 12.3. The molecule has 1 heterocycles. The Morgan fingerprint density at radius 1 is 1.22 bits per heavy atom. The maximum absolute atomic E-state index is 10.6. The molecule has 4 heteroatoms. The number of rotatable bonds is 4. The van der Waals surface area contributed by atoms with Crippen LogP contribution in [0.5, 0.6) is 0 Å². The summed E-state index contributed by atoms with van der Waals surface area (Å²) in [5.41, 5.74) is 8.37. The minimum Gasteiger partial charge on any atom is -0.481 e. The zero-order chi connectivity index (χ0) is 13.0. The Labute approximate surface area is 105 Å². The maximum Gasteiger partial charge on any atom is 0.305 e. The highest BCUT2D eigenvalue weighted by Gasteiger charge is 2.11. The van der Waals surface area contributed by atoms with Gasteiger partial charge >= 0.3 is 5.97 Å². The van der Waals surface area contributed by atoms with Gasteiger partial charge < -0.3 is 10.8 Å². The van der Waals surface area contributed by atoms with Crippen molar-refractivity contribution in [3.63, 3.8) is 0 Å². The Bertz CT molecular complexity index is 523. The van der Waals surface area contributed by atoms with Crippen LogP contribution in [0.3, 0.4) is 0 Å². The van der Waals surface area contributed by atoms with Crippen molar-refractivity contribution in [2.24, 2.45) is 5.73 Å². The monoisotopic (exact) mass is 242 g/mol. The lowest BCUT2D eigenvalue weighted by molar-refractivity contribution is -0.137. The summed E-state index contributed by atoms with van der Waals surface area (Å²) in [7, 11) is 0. The molecule has 0 saturated carbocycles. The molecule has 0 spiro atoms. The van der Waals surface area contributed by atoms with E-state index in [0.29, 0.717) is 0 Å². The number of hydrogen-bond donors (Lipinski definition) is 2. The molecule has 0 amide bonds. The van der Waals surface area contributed by atoms with E-state index in [1.54, 1.807) is 6.20 Å². The quantitative estimate of drug-likeness (QED) is 0.861. The van der Waals surface area contributed by atoms with Gasteiger partial charge in [-0.15, -0.1) is 0 Å². The van der Waals surface area contributed by atoms with Gasteiger partial charge in [0.05, 0.1) is 12.1 Å². The molecule has 3 N–H and O–H groups in total. The highest BCUT2D eigenvalue weighted by Crippen LogP contribution is 2.19. The molecule has 1 aromatic carbocycles. The Hall–Kier alpha value is -2.20. The molecule has 0 fully saturated rings. The molecule has 4 nitrogen and oxygen atoms in total. The third-order valence-electron chi connectivity index (χ3n) is 2.68. The maximum atomic E-state index is 10.6. The fraction of sp³-hybridized carbons (Fsp3) is 0.143. The lowest BCUT2D eigenvalue weighted by Crippen LogP contribution is -2.15. The number of nitrogens with two attached hydrogens (primary N) is 1. The highest BCUT2D eigenvalue weighted by molar-refractivity contribution is 5.68. The Balaban J connectivity index is 2.18. The molecule has 0 bridgehead atoms. The van der Waals surface area contributed by atoms with E-state index in [1.165, 1.54) is 0 Å². The molecule has 2 aromatic rings. The normalized spacial score (nSPS) is 12.1. The molecule has 18 heavy (non-hydrogen) atoms. The Morgan fingerprint density at radius 2 is 1.94 bits per heavy atom. The van der Waals surface area contributed by atoms with E-state index in [9.17, 15) is 4.79 Å². The molecule has 0 aliphatic rings. The van der Waals surface area contributed by atoms with Crippen LogP contribution in [-0.2, 0) is 4.79 Å². The van der Waals surface area contributed by atoms with Crippen molar-refractivity contribution in [1.82, 2.24) is 4.98 Å². The van der Waals surface area contributed by atoms with Crippen LogP contribution in [0.1, 0.15) is 18.0 Å². The summed E-state index contributed by atoms with van der Waals surface area (Å²) in [5.74, 6) is -0.908. The summed E-state index contributed by atoms with van der Waals surface area (Å²) in [6, 6.07) is 12.9. The molecule has 1 unspecified atom stereocenters. The summed E-state index contributed by atoms with van der Waals surface area (Å²) >= 11 is 0. The summed E-state index contributed by atoms with van der Waals surface area (Å²) in [6.45, 7) is 0. The zero-order valence-electron chi connectivity index (χ0n) is 9.78. The zero-order valence-corrected chi connectivity index (χ0v) is 9.78. The number of hydrogen-bond acceptors (Lipinski definition) is 3. The predicted octanol–water partition coefficient (Wildman–Crippen LogP) is 2.22. The van der Waals surface area contributed by atoms with Gasteiger partial charge in [0, 0.05) is 17.8 Å². The number of benzene rings is 1. The second-order valence-electron chi connectivity index (χ2n) is 4.05. The highest BCUT2D eigenvalue weighted by atomic mass is 16.4. The van der Waals surface area contributed by atoms with Crippen LogP contribution in [0.2, 0.25) is 0 Å². The van der Waals surface area contributed by atoms with Gasteiger partial charge in [-0.3, -0.25) is 9.78 Å². The van der Waals surface area contributed by atoms with E-state index in [0.717, 1.165) is 16.8 Å². The van der Waals surface area contributed by atoms with Gasteiger partial charge in [-0.1, -0.05) is 36.4 Å². The average molecular weight is 242 g/mol. The number of carboxylic acid groups (broad SMARTS) is 1. The van der Waals surface area contributed by atoms with E-state index in [4.69, 9.17) is 10.8 Å². The predicted molar refractivity (Wildman–Crippen MR) is 68.9 cm³/mol. The van der Waals surface area contributed by atoms with Crippen LogP contribution in [0, 0.1) is 0 Å². The topological polar surface area (TPSA) is 76.2 Å². The van der Waals surface area contributed by atoms with E-state index in [2.05, 4.69) is 4.98 Å². The second kappa shape index (κ2) is 5.42. The van der Waals surface area contributed by atoms with E-state index in [-0.39, 0.29) is 6.42 Å². The summed E-state index contributed by atoms with van der Waals surface area (Å²) < 4.78 is 0. The number of carbonyl (C=O) groups is 1. The third-order valence-corrected chi connectivity index (χ3v) is 2.68. The van der Waals surface area contributed by atoms with Gasteiger partial charge in [-0.05, 0) is 11.6 Å². The van der Waals surface area contributed by atoms with Crippen LogP contribution >= 0.6 is 0 Å². The first-order valence-corrected chi connectivity index (χ1v) is 5.65. The van der Waals surface area contributed by atoms with Crippen molar-refractivity contribution in [2.45, 2.75) is 12.5 Å². The molecular formula is C14H14N2O2. The fourth-order valence-electron chi connectivity index (χ4n) is 1.71. The van der Waals surface area contributed by atoms with Crippen molar-refractivity contribution < 1.29 is 9.90 Å². The third kappa shape index (κ3) is 2.93. The van der Waals surface area contributed by atoms with Gasteiger partial charge in [0.2, 0.25) is 0 Å². The molecule has 92 valence electrons. The Morgan fingerprint density at radius 3 is 2.50 bits per heavy atom. The minimum atomic E-state index is -0.908. The molecule has 0 aliphatic carbocycles. The van der Waals surface area contributed by atoms with Crippen molar-refractivity contribution in [2.75, 3.05) is 0 Å². The van der Waals surface area contributed by atoms with E-state index in [1.807, 2.05) is 42.5 Å². The molecule has 2 rings (SSSR count). The van der Waals surface area contributed by atoms with Crippen LogP contribution < -0.4 is 5.73 Å². The van der Waals surface area contributed by atoms with Crippen LogP contribution in [0.15, 0.2) is 48.7 Å². The van der Waals surface area contributed by atoms with Crippen LogP contribution in [0.4, 0.5) is 0 Å². The van der Waals surface area contributed by atoms with E-state index >= 15 is 0 Å². The van der Waals surface area contributed by atoms with Gasteiger partial charge in [-0.2, -0.15) is 0 Å². The van der Waals surface area contributed by atoms with Gasteiger partial charge in [0.15, 0.2) is 0 Å². The van der Waals surface area contributed by atoms with Crippen molar-refractivity contribution in [3.05, 3.63) is 54.2 Å². The molecule has 0 saturated heterocycles. The number of aliphatic carboxylic acids is 1. The number of aromatic nitrogens is 1. The second-order valence-corrected chi connectivity index (χ2v) is 4.05. The molecular weight excluding hydrogens is 228 g/mol. The van der Waals surface area contributed by atoms with Crippen molar-refractivity contribution in [3.8, 4) is 11.3 Å². The SMILES string of the molecule is NC(CC(=O)O)c1ccc(-c2ccccc2)nc1. The van der Waals surface area contributed by atoms with Crippen molar-refractivity contribution >= 4 is 5.97 Å².